The lowest BCUT2D eigenvalue weighted by Gasteiger charge is -2.29. The van der Waals surface area contributed by atoms with Gasteiger partial charge < -0.3 is 10.4 Å². The molecule has 2 unspecified atom stereocenters. The van der Waals surface area contributed by atoms with Gasteiger partial charge in [-0.15, -0.1) is 11.8 Å². The number of hydrogen-bond acceptors (Lipinski definition) is 3. The van der Waals surface area contributed by atoms with Gasteiger partial charge in [0.2, 0.25) is 0 Å². The summed E-state index contributed by atoms with van der Waals surface area (Å²) < 4.78 is 1.13. The van der Waals surface area contributed by atoms with Crippen LogP contribution in [0.5, 0.6) is 0 Å². The Labute approximate surface area is 115 Å². The highest BCUT2D eigenvalue weighted by atomic mass is 79.9. The summed E-state index contributed by atoms with van der Waals surface area (Å²) in [5, 5.41) is 12.8. The molecule has 0 radical (unpaired) electrons. The molecule has 1 aromatic rings. The number of nitrogens with one attached hydrogen (secondary N) is 1. The Kier molecular flexibility index (Phi) is 4.91. The molecule has 0 saturated carbocycles. The first-order valence-electron chi connectivity index (χ1n) is 6.03. The molecule has 1 aliphatic rings. The minimum absolute atomic E-state index is 0.204. The molecular formula is C13H18BrNOS. The lowest BCUT2D eigenvalue weighted by atomic mass is 10.0. The summed E-state index contributed by atoms with van der Waals surface area (Å²) in [4.78, 5) is 1.37. The Hall–Kier alpha value is -0.0300. The van der Waals surface area contributed by atoms with Gasteiger partial charge in [0, 0.05) is 21.5 Å². The molecule has 2 N–H and O–H groups in total. The van der Waals surface area contributed by atoms with Crippen LogP contribution in [-0.2, 0) is 0 Å². The maximum Gasteiger partial charge on any atom is 0.0584 e. The Bertz CT molecular complexity index is 382. The fraction of sp³-hybridized carbons (Fsp3) is 0.538. The van der Waals surface area contributed by atoms with Gasteiger partial charge in [0.25, 0.3) is 0 Å². The number of fused-ring (bicyclic) bond motifs is 1. The van der Waals surface area contributed by atoms with Crippen LogP contribution < -0.4 is 5.32 Å². The van der Waals surface area contributed by atoms with E-state index in [1.165, 1.54) is 10.5 Å². The van der Waals surface area contributed by atoms with Crippen molar-refractivity contribution in [3.05, 3.63) is 28.2 Å². The first-order valence-corrected chi connectivity index (χ1v) is 7.81. The summed E-state index contributed by atoms with van der Waals surface area (Å²) in [6, 6.07) is 7.05. The molecule has 0 fully saturated rings. The van der Waals surface area contributed by atoms with E-state index < -0.39 is 0 Å². The summed E-state index contributed by atoms with van der Waals surface area (Å²) in [7, 11) is 0. The Morgan fingerprint density at radius 2 is 2.41 bits per heavy atom. The maximum absolute atomic E-state index is 9.28. The predicted octanol–water partition coefficient (Wildman–Crippen LogP) is 3.35. The third-order valence-corrected chi connectivity index (χ3v) is 4.78. The number of aliphatic hydroxyl groups excluding tert-OH is 1. The normalized spacial score (nSPS) is 21.0. The molecule has 2 atom stereocenters. The Morgan fingerprint density at radius 1 is 1.59 bits per heavy atom. The number of halogens is 1. The van der Waals surface area contributed by atoms with Crippen molar-refractivity contribution in [1.29, 1.82) is 0 Å². The van der Waals surface area contributed by atoms with Crippen molar-refractivity contribution in [2.45, 2.75) is 36.7 Å². The zero-order chi connectivity index (χ0) is 12.3. The molecule has 0 aromatic heterocycles. The van der Waals surface area contributed by atoms with Crippen molar-refractivity contribution in [2.75, 3.05) is 12.4 Å². The molecule has 1 aliphatic heterocycles. The molecule has 17 heavy (non-hydrogen) atoms. The van der Waals surface area contributed by atoms with Crippen LogP contribution in [0.15, 0.2) is 27.6 Å². The van der Waals surface area contributed by atoms with E-state index in [1.807, 2.05) is 11.8 Å². The van der Waals surface area contributed by atoms with Crippen LogP contribution in [0.4, 0.5) is 0 Å². The van der Waals surface area contributed by atoms with Crippen molar-refractivity contribution in [2.24, 2.45) is 0 Å². The molecule has 2 nitrogen and oxygen atoms in total. The van der Waals surface area contributed by atoms with Crippen molar-refractivity contribution in [1.82, 2.24) is 5.32 Å². The molecule has 0 aliphatic carbocycles. The van der Waals surface area contributed by atoms with E-state index >= 15 is 0 Å². The third kappa shape index (κ3) is 3.25. The predicted molar refractivity (Wildman–Crippen MR) is 76.5 cm³/mol. The van der Waals surface area contributed by atoms with E-state index in [-0.39, 0.29) is 12.6 Å². The van der Waals surface area contributed by atoms with Gasteiger partial charge in [-0.25, -0.2) is 0 Å². The molecule has 0 saturated heterocycles. The van der Waals surface area contributed by atoms with E-state index in [4.69, 9.17) is 0 Å². The minimum atomic E-state index is 0.204. The molecule has 94 valence electrons. The summed E-state index contributed by atoms with van der Waals surface area (Å²) in [6.07, 6.45) is 2.09. The quantitative estimate of drug-likeness (QED) is 0.893. The van der Waals surface area contributed by atoms with Crippen molar-refractivity contribution >= 4 is 27.7 Å². The van der Waals surface area contributed by atoms with Crippen LogP contribution >= 0.6 is 27.7 Å². The molecule has 1 heterocycles. The average Bonchev–Trinajstić information content (AvgIpc) is 2.36. The number of thioether (sulfide) groups is 1. The van der Waals surface area contributed by atoms with Gasteiger partial charge in [-0.2, -0.15) is 0 Å². The van der Waals surface area contributed by atoms with E-state index in [0.29, 0.717) is 6.04 Å². The SMILES string of the molecule is CCC(CO)NC1CCSc2ccc(Br)cc21. The lowest BCUT2D eigenvalue weighted by Crippen LogP contribution is -2.36. The Balaban J connectivity index is 2.18. The molecular weight excluding hydrogens is 298 g/mol. The van der Waals surface area contributed by atoms with Crippen molar-refractivity contribution in [3.8, 4) is 0 Å². The van der Waals surface area contributed by atoms with Crippen LogP contribution in [0.3, 0.4) is 0 Å². The fourth-order valence-electron chi connectivity index (χ4n) is 2.12. The second-order valence-corrected chi connectivity index (χ2v) is 6.38. The minimum Gasteiger partial charge on any atom is -0.395 e. The monoisotopic (exact) mass is 315 g/mol. The van der Waals surface area contributed by atoms with Crippen LogP contribution in [0.2, 0.25) is 0 Å². The lowest BCUT2D eigenvalue weighted by molar-refractivity contribution is 0.226. The standard InChI is InChI=1S/C13H18BrNOS/c1-2-10(8-16)15-12-5-6-17-13-4-3-9(14)7-11(12)13/h3-4,7,10,12,15-16H,2,5-6,8H2,1H3. The van der Waals surface area contributed by atoms with Gasteiger partial charge in [0.05, 0.1) is 6.61 Å². The van der Waals surface area contributed by atoms with E-state index in [9.17, 15) is 5.11 Å². The molecule has 0 spiro atoms. The highest BCUT2D eigenvalue weighted by Gasteiger charge is 2.22. The fourth-order valence-corrected chi connectivity index (χ4v) is 3.61. The first kappa shape index (κ1) is 13.4. The smallest absolute Gasteiger partial charge is 0.0584 e. The van der Waals surface area contributed by atoms with Crippen molar-refractivity contribution < 1.29 is 5.11 Å². The number of rotatable bonds is 4. The molecule has 1 aromatic carbocycles. The highest BCUT2D eigenvalue weighted by Crippen LogP contribution is 2.37. The van der Waals surface area contributed by atoms with Crippen LogP contribution in [0, 0.1) is 0 Å². The van der Waals surface area contributed by atoms with Crippen LogP contribution in [-0.4, -0.2) is 23.5 Å². The van der Waals surface area contributed by atoms with E-state index in [1.54, 1.807) is 0 Å². The number of aliphatic hydroxyl groups is 1. The molecule has 0 bridgehead atoms. The van der Waals surface area contributed by atoms with Crippen molar-refractivity contribution in [3.63, 3.8) is 0 Å². The zero-order valence-corrected chi connectivity index (χ0v) is 12.4. The summed E-state index contributed by atoms with van der Waals surface area (Å²) in [6.45, 7) is 2.32. The summed E-state index contributed by atoms with van der Waals surface area (Å²) in [5.41, 5.74) is 1.36. The highest BCUT2D eigenvalue weighted by molar-refractivity contribution is 9.10. The number of hydrogen-bond donors (Lipinski definition) is 2. The number of benzene rings is 1. The van der Waals surface area contributed by atoms with E-state index in [2.05, 4.69) is 46.4 Å². The molecule has 0 amide bonds. The third-order valence-electron chi connectivity index (χ3n) is 3.16. The average molecular weight is 316 g/mol. The maximum atomic E-state index is 9.28. The second-order valence-electron chi connectivity index (χ2n) is 4.33. The second kappa shape index (κ2) is 6.23. The van der Waals surface area contributed by atoms with Crippen LogP contribution in [0.25, 0.3) is 0 Å². The summed E-state index contributed by atoms with van der Waals surface area (Å²) in [5.74, 6) is 1.15. The van der Waals surface area contributed by atoms with Gasteiger partial charge >= 0.3 is 0 Å². The van der Waals surface area contributed by atoms with Crippen LogP contribution in [0.1, 0.15) is 31.4 Å². The largest absolute Gasteiger partial charge is 0.395 e. The molecule has 2 rings (SSSR count). The zero-order valence-electron chi connectivity index (χ0n) is 9.95. The van der Waals surface area contributed by atoms with Gasteiger partial charge in [-0.05, 0) is 42.4 Å². The van der Waals surface area contributed by atoms with Gasteiger partial charge in [0.1, 0.15) is 0 Å². The molecule has 4 heteroatoms. The summed E-state index contributed by atoms with van der Waals surface area (Å²) >= 11 is 5.45. The Morgan fingerprint density at radius 3 is 3.12 bits per heavy atom. The van der Waals surface area contributed by atoms with E-state index in [0.717, 1.165) is 23.1 Å². The van der Waals surface area contributed by atoms with Gasteiger partial charge in [-0.3, -0.25) is 0 Å². The first-order chi connectivity index (χ1) is 8.24. The van der Waals surface area contributed by atoms with Gasteiger partial charge in [-0.1, -0.05) is 22.9 Å². The topological polar surface area (TPSA) is 32.3 Å². The van der Waals surface area contributed by atoms with Gasteiger partial charge in [0.15, 0.2) is 0 Å².